The van der Waals surface area contributed by atoms with Crippen molar-refractivity contribution in [2.75, 3.05) is 19.6 Å². The van der Waals surface area contributed by atoms with Gasteiger partial charge in [-0.25, -0.2) is 0 Å². The van der Waals surface area contributed by atoms with Gasteiger partial charge in [-0.05, 0) is 37.1 Å². The lowest BCUT2D eigenvalue weighted by molar-refractivity contribution is 0.372. The number of aromatic nitrogens is 1. The molecule has 0 fully saturated rings. The summed E-state index contributed by atoms with van der Waals surface area (Å²) in [5.41, 5.74) is 6.86. The Morgan fingerprint density at radius 3 is 2.75 bits per heavy atom. The maximum absolute atomic E-state index is 5.71. The summed E-state index contributed by atoms with van der Waals surface area (Å²) in [6.07, 6.45) is 2.82. The summed E-state index contributed by atoms with van der Waals surface area (Å²) in [6, 6.07) is 6.03. The van der Waals surface area contributed by atoms with Gasteiger partial charge in [0.2, 0.25) is 0 Å². The summed E-state index contributed by atoms with van der Waals surface area (Å²) >= 11 is 0. The second kappa shape index (κ2) is 7.36. The Balaban J connectivity index is 2.16. The lowest BCUT2D eigenvalue weighted by Crippen LogP contribution is -2.32. The van der Waals surface area contributed by atoms with Crippen molar-refractivity contribution in [3.63, 3.8) is 0 Å². The summed E-state index contributed by atoms with van der Waals surface area (Å²) in [6.45, 7) is 7.17. The molecule has 0 radical (unpaired) electrons. The zero-order valence-corrected chi connectivity index (χ0v) is 10.3. The van der Waals surface area contributed by atoms with E-state index in [1.54, 1.807) is 0 Å². The second-order valence-electron chi connectivity index (χ2n) is 4.51. The molecule has 0 spiro atoms. The van der Waals surface area contributed by atoms with Gasteiger partial charge in [-0.15, -0.1) is 0 Å². The first-order valence-corrected chi connectivity index (χ1v) is 6.04. The molecule has 1 heterocycles. The number of nitrogens with zero attached hydrogens (tertiary/aromatic N) is 1. The Morgan fingerprint density at radius 1 is 1.38 bits per heavy atom. The van der Waals surface area contributed by atoms with Crippen molar-refractivity contribution in [3.8, 4) is 0 Å². The Hall–Kier alpha value is -0.930. The molecule has 1 rings (SSSR count). The van der Waals surface area contributed by atoms with Crippen LogP contribution < -0.4 is 11.1 Å². The quantitative estimate of drug-likeness (QED) is 0.685. The topological polar surface area (TPSA) is 50.9 Å². The first-order valence-electron chi connectivity index (χ1n) is 6.04. The van der Waals surface area contributed by atoms with E-state index in [1.807, 2.05) is 18.3 Å². The third-order valence-electron chi connectivity index (χ3n) is 2.94. The largest absolute Gasteiger partial charge is 0.330 e. The Morgan fingerprint density at radius 2 is 2.19 bits per heavy atom. The van der Waals surface area contributed by atoms with Gasteiger partial charge in [0.15, 0.2) is 0 Å². The number of nitrogens with two attached hydrogens (primary N) is 1. The van der Waals surface area contributed by atoms with Crippen LogP contribution in [0.15, 0.2) is 24.4 Å². The Kier molecular flexibility index (Phi) is 6.04. The van der Waals surface area contributed by atoms with Crippen LogP contribution in [-0.2, 0) is 6.42 Å². The highest BCUT2D eigenvalue weighted by molar-refractivity contribution is 5.03. The molecule has 1 aromatic heterocycles. The zero-order valence-electron chi connectivity index (χ0n) is 10.3. The van der Waals surface area contributed by atoms with E-state index in [-0.39, 0.29) is 0 Å². The molecule has 0 aliphatic heterocycles. The maximum Gasteiger partial charge on any atom is 0.0416 e. The van der Waals surface area contributed by atoms with Gasteiger partial charge in [-0.3, -0.25) is 4.98 Å². The fraction of sp³-hybridized carbons (Fsp3) is 0.615. The van der Waals surface area contributed by atoms with Crippen LogP contribution in [0.2, 0.25) is 0 Å². The normalized spacial score (nSPS) is 13.0. The fourth-order valence-electron chi connectivity index (χ4n) is 1.64. The van der Waals surface area contributed by atoms with Crippen molar-refractivity contribution in [3.05, 3.63) is 30.1 Å². The number of pyridine rings is 1. The van der Waals surface area contributed by atoms with E-state index in [0.29, 0.717) is 11.8 Å². The summed E-state index contributed by atoms with van der Waals surface area (Å²) in [5, 5.41) is 3.45. The third kappa shape index (κ3) is 4.73. The molecule has 0 aliphatic rings. The minimum atomic E-state index is 0.573. The smallest absolute Gasteiger partial charge is 0.0416 e. The van der Waals surface area contributed by atoms with Crippen LogP contribution in [0.5, 0.6) is 0 Å². The van der Waals surface area contributed by atoms with Gasteiger partial charge in [0, 0.05) is 24.9 Å². The van der Waals surface area contributed by atoms with E-state index in [1.165, 1.54) is 0 Å². The van der Waals surface area contributed by atoms with E-state index in [0.717, 1.165) is 31.7 Å². The van der Waals surface area contributed by atoms with E-state index in [4.69, 9.17) is 5.73 Å². The molecule has 3 N–H and O–H groups in total. The molecular weight excluding hydrogens is 198 g/mol. The Labute approximate surface area is 98.5 Å². The first-order chi connectivity index (χ1) is 7.74. The van der Waals surface area contributed by atoms with Gasteiger partial charge in [0.05, 0.1) is 0 Å². The standard InChI is InChI=1S/C13H23N3/c1-11(2)12(9-14)10-15-8-6-13-5-3-4-7-16-13/h3-5,7,11-12,15H,6,8-10,14H2,1-2H3. The molecule has 1 unspecified atom stereocenters. The van der Waals surface area contributed by atoms with Crippen LogP contribution in [0, 0.1) is 11.8 Å². The van der Waals surface area contributed by atoms with Crippen LogP contribution in [0.1, 0.15) is 19.5 Å². The average Bonchev–Trinajstić information content (AvgIpc) is 2.30. The van der Waals surface area contributed by atoms with E-state index < -0.39 is 0 Å². The summed E-state index contributed by atoms with van der Waals surface area (Å²) in [7, 11) is 0. The lowest BCUT2D eigenvalue weighted by atomic mass is 9.96. The highest BCUT2D eigenvalue weighted by atomic mass is 14.9. The van der Waals surface area contributed by atoms with Crippen molar-refractivity contribution in [1.82, 2.24) is 10.3 Å². The van der Waals surface area contributed by atoms with Crippen molar-refractivity contribution >= 4 is 0 Å². The zero-order chi connectivity index (χ0) is 11.8. The molecule has 16 heavy (non-hydrogen) atoms. The molecule has 0 saturated heterocycles. The molecule has 90 valence electrons. The van der Waals surface area contributed by atoms with E-state index in [2.05, 4.69) is 30.2 Å². The van der Waals surface area contributed by atoms with Crippen LogP contribution in [0.25, 0.3) is 0 Å². The molecule has 0 amide bonds. The minimum absolute atomic E-state index is 0.573. The second-order valence-corrected chi connectivity index (χ2v) is 4.51. The van der Waals surface area contributed by atoms with Gasteiger partial charge in [0.25, 0.3) is 0 Å². The van der Waals surface area contributed by atoms with Crippen LogP contribution >= 0.6 is 0 Å². The molecule has 0 bridgehead atoms. The minimum Gasteiger partial charge on any atom is -0.330 e. The SMILES string of the molecule is CC(C)C(CN)CNCCc1ccccn1. The lowest BCUT2D eigenvalue weighted by Gasteiger charge is -2.19. The summed E-state index contributed by atoms with van der Waals surface area (Å²) < 4.78 is 0. The highest BCUT2D eigenvalue weighted by Crippen LogP contribution is 2.07. The molecule has 0 saturated carbocycles. The van der Waals surface area contributed by atoms with Gasteiger partial charge in [-0.2, -0.15) is 0 Å². The molecule has 1 aromatic rings. The summed E-state index contributed by atoms with van der Waals surface area (Å²) in [4.78, 5) is 4.29. The molecule has 0 aliphatic carbocycles. The van der Waals surface area contributed by atoms with Crippen LogP contribution in [0.3, 0.4) is 0 Å². The Bertz CT molecular complexity index is 272. The van der Waals surface area contributed by atoms with Crippen LogP contribution in [0.4, 0.5) is 0 Å². The first kappa shape index (κ1) is 13.1. The van der Waals surface area contributed by atoms with Crippen molar-refractivity contribution in [2.24, 2.45) is 17.6 Å². The average molecular weight is 221 g/mol. The molecule has 1 atom stereocenters. The molecule has 0 aromatic carbocycles. The maximum atomic E-state index is 5.71. The number of hydrogen-bond acceptors (Lipinski definition) is 3. The van der Waals surface area contributed by atoms with Crippen molar-refractivity contribution in [2.45, 2.75) is 20.3 Å². The van der Waals surface area contributed by atoms with Crippen molar-refractivity contribution < 1.29 is 0 Å². The molecule has 3 nitrogen and oxygen atoms in total. The molecule has 3 heteroatoms. The van der Waals surface area contributed by atoms with Gasteiger partial charge >= 0.3 is 0 Å². The third-order valence-corrected chi connectivity index (χ3v) is 2.94. The highest BCUT2D eigenvalue weighted by Gasteiger charge is 2.10. The predicted molar refractivity (Wildman–Crippen MR) is 68.2 cm³/mol. The van der Waals surface area contributed by atoms with Gasteiger partial charge < -0.3 is 11.1 Å². The van der Waals surface area contributed by atoms with Gasteiger partial charge in [0.1, 0.15) is 0 Å². The van der Waals surface area contributed by atoms with E-state index in [9.17, 15) is 0 Å². The van der Waals surface area contributed by atoms with E-state index >= 15 is 0 Å². The summed E-state index contributed by atoms with van der Waals surface area (Å²) in [5.74, 6) is 1.22. The number of rotatable bonds is 7. The molecular formula is C13H23N3. The monoisotopic (exact) mass is 221 g/mol. The number of nitrogens with one attached hydrogen (secondary N) is 1. The number of hydrogen-bond donors (Lipinski definition) is 2. The fourth-order valence-corrected chi connectivity index (χ4v) is 1.64. The predicted octanol–water partition coefficient (Wildman–Crippen LogP) is 1.44. The van der Waals surface area contributed by atoms with Crippen LogP contribution in [-0.4, -0.2) is 24.6 Å². The van der Waals surface area contributed by atoms with Gasteiger partial charge in [-0.1, -0.05) is 19.9 Å². The van der Waals surface area contributed by atoms with Crippen molar-refractivity contribution in [1.29, 1.82) is 0 Å².